The molecule has 2 atom stereocenters. The number of aryl methyl sites for hydroxylation is 1. The minimum Gasteiger partial charge on any atom is -0.364 e. The van der Waals surface area contributed by atoms with E-state index in [9.17, 15) is 18.0 Å². The minimum atomic E-state index is -3.97. The Hall–Kier alpha value is -3.50. The van der Waals surface area contributed by atoms with Gasteiger partial charge in [-0.15, -0.1) is 0 Å². The number of anilines is 1. The first-order valence-electron chi connectivity index (χ1n) is 12.7. The van der Waals surface area contributed by atoms with Crippen molar-refractivity contribution in [2.75, 3.05) is 11.8 Å². The van der Waals surface area contributed by atoms with Crippen LogP contribution < -0.4 is 10.5 Å². The third-order valence-electron chi connectivity index (χ3n) is 7.30. The van der Waals surface area contributed by atoms with E-state index >= 15 is 0 Å². The van der Waals surface area contributed by atoms with Crippen LogP contribution in [-0.4, -0.2) is 43.0 Å². The molecule has 1 unspecified atom stereocenters. The Morgan fingerprint density at radius 2 is 1.74 bits per heavy atom. The summed E-state index contributed by atoms with van der Waals surface area (Å²) in [5.41, 5.74) is 9.06. The molecular weight excluding hydrogens is 504 g/mol. The number of amides is 2. The standard InChI is InChI=1S/C28H34N4O5S/c1-17(2)25(26(29)33)32(5,28(34)22-14-15-22)16-20-10-12-21(13-11-20)23-8-6-7-9-24(23)38(35,36)31-27-18(3)19(4)30-37-27/h6-13,17,22,25H,14-16H2,1-5H3,(H2-,29,30,31,33)/p+1/t25-,32?/m0/s1. The highest BCUT2D eigenvalue weighted by molar-refractivity contribution is 7.92. The van der Waals surface area contributed by atoms with E-state index in [1.165, 1.54) is 6.07 Å². The lowest BCUT2D eigenvalue weighted by molar-refractivity contribution is -0.868. The molecule has 3 N–H and O–H groups in total. The van der Waals surface area contributed by atoms with Gasteiger partial charge in [0.2, 0.25) is 5.88 Å². The second kappa shape index (κ2) is 10.3. The summed E-state index contributed by atoms with van der Waals surface area (Å²) in [5.74, 6) is -0.523. The van der Waals surface area contributed by atoms with Gasteiger partial charge in [0.05, 0.1) is 23.6 Å². The van der Waals surface area contributed by atoms with Gasteiger partial charge in [-0.1, -0.05) is 61.5 Å². The molecule has 4 rings (SSSR count). The van der Waals surface area contributed by atoms with Crippen LogP contribution in [-0.2, 0) is 26.2 Å². The number of rotatable bonds is 10. The molecule has 9 nitrogen and oxygen atoms in total. The van der Waals surface area contributed by atoms with E-state index in [-0.39, 0.29) is 33.0 Å². The summed E-state index contributed by atoms with van der Waals surface area (Å²) in [7, 11) is -2.17. The van der Waals surface area contributed by atoms with Crippen LogP contribution in [0.25, 0.3) is 11.1 Å². The van der Waals surface area contributed by atoms with Crippen molar-refractivity contribution >= 4 is 27.7 Å². The number of carbonyl (C=O) groups is 2. The molecule has 10 heteroatoms. The molecule has 1 fully saturated rings. The van der Waals surface area contributed by atoms with Gasteiger partial charge in [0.15, 0.2) is 6.04 Å². The van der Waals surface area contributed by atoms with Gasteiger partial charge in [0.25, 0.3) is 15.9 Å². The fourth-order valence-corrected chi connectivity index (χ4v) is 6.40. The maximum atomic E-state index is 13.4. The van der Waals surface area contributed by atoms with E-state index in [0.29, 0.717) is 28.9 Å². The summed E-state index contributed by atoms with van der Waals surface area (Å²) < 4.78 is 34.1. The molecule has 1 aliphatic carbocycles. The molecule has 38 heavy (non-hydrogen) atoms. The SMILES string of the molecule is Cc1noc(NS(=O)(=O)c2ccccc2-c2ccc(C[N+](C)(C(=O)C3CC3)[C@H](C(N)=O)C(C)C)cc2)c1C. The summed E-state index contributed by atoms with van der Waals surface area (Å²) in [6.07, 6.45) is 1.67. The summed E-state index contributed by atoms with van der Waals surface area (Å²) in [6, 6.07) is 13.4. The molecule has 1 saturated carbocycles. The van der Waals surface area contributed by atoms with E-state index in [0.717, 1.165) is 18.4 Å². The lowest BCUT2D eigenvalue weighted by atomic mass is 9.96. The van der Waals surface area contributed by atoms with Crippen LogP contribution in [0.4, 0.5) is 5.88 Å². The van der Waals surface area contributed by atoms with Crippen molar-refractivity contribution in [2.24, 2.45) is 17.6 Å². The van der Waals surface area contributed by atoms with E-state index in [4.69, 9.17) is 10.3 Å². The van der Waals surface area contributed by atoms with Gasteiger partial charge in [-0.05, 0) is 38.3 Å². The second-order valence-electron chi connectivity index (χ2n) is 10.7. The average Bonchev–Trinajstić information content (AvgIpc) is 3.66. The van der Waals surface area contributed by atoms with Crippen LogP contribution in [0.5, 0.6) is 0 Å². The van der Waals surface area contributed by atoms with Crippen molar-refractivity contribution in [2.45, 2.75) is 58.0 Å². The average molecular weight is 540 g/mol. The predicted molar refractivity (Wildman–Crippen MR) is 144 cm³/mol. The summed E-state index contributed by atoms with van der Waals surface area (Å²) in [4.78, 5) is 25.9. The lowest BCUT2D eigenvalue weighted by Gasteiger charge is -2.39. The molecule has 1 aliphatic rings. The number of benzene rings is 2. The number of nitrogens with two attached hydrogens (primary N) is 1. The van der Waals surface area contributed by atoms with Gasteiger partial charge < -0.3 is 10.3 Å². The molecule has 0 aliphatic heterocycles. The third-order valence-corrected chi connectivity index (χ3v) is 8.69. The number of sulfonamides is 1. The van der Waals surface area contributed by atoms with Crippen molar-refractivity contribution in [1.82, 2.24) is 5.16 Å². The smallest absolute Gasteiger partial charge is 0.317 e. The summed E-state index contributed by atoms with van der Waals surface area (Å²) in [6.45, 7) is 7.59. The highest BCUT2D eigenvalue weighted by atomic mass is 32.2. The monoisotopic (exact) mass is 539 g/mol. The number of quaternary nitrogens is 1. The van der Waals surface area contributed by atoms with Gasteiger partial charge >= 0.3 is 5.91 Å². The van der Waals surface area contributed by atoms with Gasteiger partial charge in [0, 0.05) is 22.6 Å². The largest absolute Gasteiger partial charge is 0.364 e. The van der Waals surface area contributed by atoms with Gasteiger partial charge in [-0.2, -0.15) is 0 Å². The molecule has 0 spiro atoms. The van der Waals surface area contributed by atoms with E-state index in [1.807, 2.05) is 38.1 Å². The number of hydrogen-bond donors (Lipinski definition) is 2. The van der Waals surface area contributed by atoms with Crippen molar-refractivity contribution in [3.8, 4) is 11.1 Å². The molecule has 202 valence electrons. The second-order valence-corrected chi connectivity index (χ2v) is 12.3. The van der Waals surface area contributed by atoms with Crippen molar-refractivity contribution in [1.29, 1.82) is 0 Å². The summed E-state index contributed by atoms with van der Waals surface area (Å²) >= 11 is 0. The highest BCUT2D eigenvalue weighted by Gasteiger charge is 2.51. The number of hydrogen-bond acceptors (Lipinski definition) is 6. The number of nitrogens with one attached hydrogen (secondary N) is 1. The zero-order valence-electron chi connectivity index (χ0n) is 22.4. The van der Waals surface area contributed by atoms with Gasteiger partial charge in [-0.25, -0.2) is 22.4 Å². The molecule has 2 aromatic carbocycles. The molecule has 3 aromatic rings. The van der Waals surface area contributed by atoms with E-state index in [2.05, 4.69) is 9.88 Å². The molecule has 0 saturated heterocycles. The highest BCUT2D eigenvalue weighted by Crippen LogP contribution is 2.37. The fourth-order valence-electron chi connectivity index (χ4n) is 5.12. The van der Waals surface area contributed by atoms with Crippen LogP contribution in [0.3, 0.4) is 0 Å². The molecule has 1 heterocycles. The topological polar surface area (TPSA) is 132 Å². The summed E-state index contributed by atoms with van der Waals surface area (Å²) in [5, 5.41) is 3.82. The zero-order valence-corrected chi connectivity index (χ0v) is 23.2. The van der Waals surface area contributed by atoms with Crippen LogP contribution >= 0.6 is 0 Å². The van der Waals surface area contributed by atoms with Crippen LogP contribution in [0.2, 0.25) is 0 Å². The van der Waals surface area contributed by atoms with Crippen LogP contribution in [0.15, 0.2) is 57.9 Å². The lowest BCUT2D eigenvalue weighted by Crippen LogP contribution is -2.63. The quantitative estimate of drug-likeness (QED) is 0.372. The fraction of sp³-hybridized carbons (Fsp3) is 0.393. The molecule has 0 bridgehead atoms. The van der Waals surface area contributed by atoms with Crippen molar-refractivity contribution in [3.05, 3.63) is 65.4 Å². The Balaban J connectivity index is 1.65. The van der Waals surface area contributed by atoms with Crippen LogP contribution in [0, 0.1) is 25.7 Å². The number of carbonyl (C=O) groups excluding carboxylic acids is 2. The molecular formula is C28H35N4O5S+. The predicted octanol–water partition coefficient (Wildman–Crippen LogP) is 4.15. The normalized spacial score (nSPS) is 16.2. The number of likely N-dealkylation sites (N-methyl/N-ethyl adjacent to an activating group) is 1. The molecule has 0 radical (unpaired) electrons. The number of aromatic nitrogens is 1. The minimum absolute atomic E-state index is 0.0343. The number of nitrogens with zero attached hydrogens (tertiary/aromatic N) is 2. The Morgan fingerprint density at radius 3 is 2.26 bits per heavy atom. The van der Waals surface area contributed by atoms with Gasteiger partial charge in [-0.3, -0.25) is 4.79 Å². The molecule has 1 aromatic heterocycles. The van der Waals surface area contributed by atoms with E-state index in [1.54, 1.807) is 39.1 Å². The maximum absolute atomic E-state index is 13.4. The first kappa shape index (κ1) is 27.5. The Bertz CT molecular complexity index is 1460. The van der Waals surface area contributed by atoms with Gasteiger partial charge in [0.1, 0.15) is 6.54 Å². The van der Waals surface area contributed by atoms with E-state index < -0.39 is 22.0 Å². The van der Waals surface area contributed by atoms with Crippen LogP contribution in [0.1, 0.15) is 43.5 Å². The maximum Gasteiger partial charge on any atom is 0.317 e. The first-order valence-corrected chi connectivity index (χ1v) is 14.2. The zero-order chi connectivity index (χ0) is 27.8. The first-order chi connectivity index (χ1) is 17.8. The van der Waals surface area contributed by atoms with Crippen molar-refractivity contribution in [3.63, 3.8) is 0 Å². The molecule has 2 amide bonds. The van der Waals surface area contributed by atoms with Crippen molar-refractivity contribution < 1.29 is 27.0 Å². The third kappa shape index (κ3) is 5.37. The Kier molecular flexibility index (Phi) is 7.49. The Morgan fingerprint density at radius 1 is 1.11 bits per heavy atom. The Labute approximate surface area is 223 Å². The number of primary amides is 1.